The average Bonchev–Trinajstić information content (AvgIpc) is 3.14. The first kappa shape index (κ1) is 18.0. The SMILES string of the molecule is C[C@H](O)[C@@H](CCc1cccc(-c2cnccn2)c1)n1cnc2c(N)ncnc21. The molecule has 142 valence electrons. The first-order valence-corrected chi connectivity index (χ1v) is 9.10. The number of aliphatic hydroxyl groups excluding tert-OH is 1. The van der Waals surface area contributed by atoms with Crippen molar-refractivity contribution in [2.45, 2.75) is 31.9 Å². The Morgan fingerprint density at radius 2 is 2.04 bits per heavy atom. The zero-order valence-electron chi connectivity index (χ0n) is 15.5. The van der Waals surface area contributed by atoms with Crippen LogP contribution >= 0.6 is 0 Å². The molecule has 8 heteroatoms. The lowest BCUT2D eigenvalue weighted by Crippen LogP contribution is -2.22. The van der Waals surface area contributed by atoms with Crippen molar-refractivity contribution >= 4 is 17.0 Å². The Hall–Kier alpha value is -3.39. The summed E-state index contributed by atoms with van der Waals surface area (Å²) in [6, 6.07) is 8.03. The fourth-order valence-corrected chi connectivity index (χ4v) is 3.37. The summed E-state index contributed by atoms with van der Waals surface area (Å²) >= 11 is 0. The number of hydrogen-bond acceptors (Lipinski definition) is 7. The lowest BCUT2D eigenvalue weighted by Gasteiger charge is -2.22. The second-order valence-electron chi connectivity index (χ2n) is 6.72. The highest BCUT2D eigenvalue weighted by Gasteiger charge is 2.21. The molecule has 0 fully saturated rings. The number of rotatable bonds is 6. The van der Waals surface area contributed by atoms with Crippen LogP contribution in [0.4, 0.5) is 5.82 Å². The fraction of sp³-hybridized carbons (Fsp3) is 0.250. The van der Waals surface area contributed by atoms with E-state index in [0.29, 0.717) is 17.0 Å². The van der Waals surface area contributed by atoms with Crippen molar-refractivity contribution in [1.29, 1.82) is 0 Å². The highest BCUT2D eigenvalue weighted by Crippen LogP contribution is 2.26. The zero-order chi connectivity index (χ0) is 19.5. The van der Waals surface area contributed by atoms with Gasteiger partial charge in [0.15, 0.2) is 11.5 Å². The van der Waals surface area contributed by atoms with Crippen LogP contribution in [0.25, 0.3) is 22.4 Å². The fourth-order valence-electron chi connectivity index (χ4n) is 3.37. The third-order valence-electron chi connectivity index (χ3n) is 4.82. The van der Waals surface area contributed by atoms with Crippen LogP contribution in [0.3, 0.4) is 0 Å². The number of aliphatic hydroxyl groups is 1. The summed E-state index contributed by atoms with van der Waals surface area (Å²) in [5.74, 6) is 0.338. The number of anilines is 1. The van der Waals surface area contributed by atoms with Crippen LogP contribution in [-0.2, 0) is 6.42 Å². The van der Waals surface area contributed by atoms with Crippen LogP contribution in [0.5, 0.6) is 0 Å². The van der Waals surface area contributed by atoms with Gasteiger partial charge in [0.1, 0.15) is 11.8 Å². The average molecular weight is 375 g/mol. The summed E-state index contributed by atoms with van der Waals surface area (Å²) in [5.41, 5.74) is 10.1. The third-order valence-corrected chi connectivity index (χ3v) is 4.82. The summed E-state index contributed by atoms with van der Waals surface area (Å²) in [4.78, 5) is 21.1. The summed E-state index contributed by atoms with van der Waals surface area (Å²) in [6.45, 7) is 1.77. The molecule has 0 unspecified atom stereocenters. The molecule has 0 bridgehead atoms. The normalized spacial score (nSPS) is 13.5. The molecule has 2 atom stereocenters. The van der Waals surface area contributed by atoms with Crippen molar-refractivity contribution < 1.29 is 5.11 Å². The standard InChI is InChI=1S/C20H21N7O/c1-13(28)17(27-12-26-18-19(21)24-11-25-20(18)27)6-5-14-3-2-4-15(9-14)16-10-22-7-8-23-16/h2-4,7-13,17,28H,5-6H2,1H3,(H2,21,24,25)/t13-,17+/m0/s1. The molecule has 0 radical (unpaired) electrons. The monoisotopic (exact) mass is 375 g/mol. The number of aryl methyl sites for hydroxylation is 1. The first-order valence-electron chi connectivity index (χ1n) is 9.10. The minimum Gasteiger partial charge on any atom is -0.391 e. The molecule has 0 spiro atoms. The molecule has 1 aromatic carbocycles. The second-order valence-corrected chi connectivity index (χ2v) is 6.72. The van der Waals surface area contributed by atoms with E-state index in [1.807, 2.05) is 16.7 Å². The number of hydrogen-bond donors (Lipinski definition) is 2. The van der Waals surface area contributed by atoms with Crippen LogP contribution < -0.4 is 5.73 Å². The van der Waals surface area contributed by atoms with E-state index in [0.717, 1.165) is 29.7 Å². The van der Waals surface area contributed by atoms with Gasteiger partial charge in [0, 0.05) is 18.0 Å². The van der Waals surface area contributed by atoms with Gasteiger partial charge in [-0.25, -0.2) is 15.0 Å². The topological polar surface area (TPSA) is 116 Å². The Morgan fingerprint density at radius 3 is 2.82 bits per heavy atom. The van der Waals surface area contributed by atoms with Crippen molar-refractivity contribution in [1.82, 2.24) is 29.5 Å². The number of nitrogens with zero attached hydrogens (tertiary/aromatic N) is 6. The van der Waals surface area contributed by atoms with Crippen molar-refractivity contribution in [3.8, 4) is 11.3 Å². The van der Waals surface area contributed by atoms with Crippen molar-refractivity contribution in [3.05, 3.63) is 61.1 Å². The largest absolute Gasteiger partial charge is 0.391 e. The van der Waals surface area contributed by atoms with Gasteiger partial charge in [-0.15, -0.1) is 0 Å². The lowest BCUT2D eigenvalue weighted by atomic mass is 9.99. The van der Waals surface area contributed by atoms with Gasteiger partial charge in [-0.05, 0) is 31.4 Å². The van der Waals surface area contributed by atoms with E-state index in [-0.39, 0.29) is 6.04 Å². The number of nitrogens with two attached hydrogens (primary N) is 1. The van der Waals surface area contributed by atoms with Gasteiger partial charge in [0.25, 0.3) is 0 Å². The van der Waals surface area contributed by atoms with Crippen molar-refractivity contribution in [2.24, 2.45) is 0 Å². The molecule has 8 nitrogen and oxygen atoms in total. The first-order chi connectivity index (χ1) is 13.6. The highest BCUT2D eigenvalue weighted by molar-refractivity contribution is 5.81. The van der Waals surface area contributed by atoms with Crippen molar-refractivity contribution in [2.75, 3.05) is 5.73 Å². The summed E-state index contributed by atoms with van der Waals surface area (Å²) in [7, 11) is 0. The maximum absolute atomic E-state index is 10.4. The van der Waals surface area contributed by atoms with Gasteiger partial charge in [0.05, 0.1) is 30.4 Å². The van der Waals surface area contributed by atoms with Crippen LogP contribution in [0, 0.1) is 0 Å². The van der Waals surface area contributed by atoms with Gasteiger partial charge in [0.2, 0.25) is 0 Å². The van der Waals surface area contributed by atoms with Gasteiger partial charge >= 0.3 is 0 Å². The molecule has 4 aromatic rings. The van der Waals surface area contributed by atoms with E-state index in [9.17, 15) is 5.11 Å². The van der Waals surface area contributed by atoms with Gasteiger partial charge in [-0.1, -0.05) is 18.2 Å². The van der Waals surface area contributed by atoms with Crippen molar-refractivity contribution in [3.63, 3.8) is 0 Å². The zero-order valence-corrected chi connectivity index (χ0v) is 15.5. The second kappa shape index (κ2) is 7.69. The molecule has 28 heavy (non-hydrogen) atoms. The van der Waals surface area contributed by atoms with E-state index in [4.69, 9.17) is 5.73 Å². The Balaban J connectivity index is 1.57. The molecule has 0 aliphatic heterocycles. The summed E-state index contributed by atoms with van der Waals surface area (Å²) in [6.07, 6.45) is 9.11. The van der Waals surface area contributed by atoms with E-state index < -0.39 is 6.10 Å². The Labute approximate surface area is 162 Å². The number of imidazole rings is 1. The molecule has 0 amide bonds. The maximum Gasteiger partial charge on any atom is 0.165 e. The molecule has 0 saturated heterocycles. The minimum atomic E-state index is -0.572. The number of benzene rings is 1. The molecular weight excluding hydrogens is 354 g/mol. The predicted octanol–water partition coefficient (Wildman–Crippen LogP) is 2.42. The van der Waals surface area contributed by atoms with Crippen LogP contribution in [0.2, 0.25) is 0 Å². The predicted molar refractivity (Wildman–Crippen MR) is 106 cm³/mol. The molecular formula is C20H21N7O. The van der Waals surface area contributed by atoms with E-state index in [2.05, 4.69) is 37.1 Å². The molecule has 0 aliphatic rings. The number of nitrogen functional groups attached to an aromatic ring is 1. The summed E-state index contributed by atoms with van der Waals surface area (Å²) < 4.78 is 1.88. The third kappa shape index (κ3) is 3.54. The van der Waals surface area contributed by atoms with Crippen LogP contribution in [0.1, 0.15) is 24.9 Å². The maximum atomic E-state index is 10.4. The van der Waals surface area contributed by atoms with Gasteiger partial charge in [-0.2, -0.15) is 0 Å². The molecule has 0 saturated carbocycles. The number of aromatic nitrogens is 6. The summed E-state index contributed by atoms with van der Waals surface area (Å²) in [5, 5.41) is 10.4. The Kier molecular flexibility index (Phi) is 4.94. The van der Waals surface area contributed by atoms with Crippen LogP contribution in [-0.4, -0.2) is 40.7 Å². The Bertz CT molecular complexity index is 1080. The van der Waals surface area contributed by atoms with E-state index >= 15 is 0 Å². The molecule has 3 N–H and O–H groups in total. The van der Waals surface area contributed by atoms with Crippen LogP contribution in [0.15, 0.2) is 55.5 Å². The number of fused-ring (bicyclic) bond motifs is 1. The lowest BCUT2D eigenvalue weighted by molar-refractivity contribution is 0.126. The minimum absolute atomic E-state index is 0.181. The van der Waals surface area contributed by atoms with Gasteiger partial charge < -0.3 is 15.4 Å². The van der Waals surface area contributed by atoms with Gasteiger partial charge in [-0.3, -0.25) is 9.97 Å². The van der Waals surface area contributed by atoms with E-state index in [1.165, 1.54) is 6.33 Å². The molecule has 4 rings (SSSR count). The highest BCUT2D eigenvalue weighted by atomic mass is 16.3. The smallest absolute Gasteiger partial charge is 0.165 e. The molecule has 3 heterocycles. The van der Waals surface area contributed by atoms with E-state index in [1.54, 1.807) is 31.8 Å². The quantitative estimate of drug-likeness (QED) is 0.531. The molecule has 3 aromatic heterocycles. The Morgan fingerprint density at radius 1 is 1.14 bits per heavy atom. The molecule has 0 aliphatic carbocycles.